The third kappa shape index (κ3) is 4.29. The van der Waals surface area contributed by atoms with Gasteiger partial charge in [0.05, 0.1) is 28.6 Å². The number of benzene rings is 3. The molecule has 7 heteroatoms. The summed E-state index contributed by atoms with van der Waals surface area (Å²) in [5, 5.41) is 17.7. The van der Waals surface area contributed by atoms with Gasteiger partial charge < -0.3 is 0 Å². The van der Waals surface area contributed by atoms with Gasteiger partial charge in [0.15, 0.2) is 0 Å². The Morgan fingerprint density at radius 2 is 1.56 bits per heavy atom. The number of rotatable bonds is 5. The van der Waals surface area contributed by atoms with Crippen LogP contribution in [-0.2, 0) is 6.54 Å². The lowest BCUT2D eigenvalue weighted by Gasteiger charge is -2.26. The molecule has 0 atom stereocenters. The Hall–Kier alpha value is -4.00. The summed E-state index contributed by atoms with van der Waals surface area (Å²) in [6.07, 6.45) is 5.65. The van der Waals surface area contributed by atoms with Crippen molar-refractivity contribution in [2.24, 2.45) is 11.0 Å². The van der Waals surface area contributed by atoms with E-state index in [4.69, 9.17) is 5.10 Å². The minimum Gasteiger partial charge on any atom is -0.261 e. The average molecular weight is 455 g/mol. The molecule has 1 fully saturated rings. The Labute approximate surface area is 198 Å². The third-order valence-corrected chi connectivity index (χ3v) is 6.55. The highest BCUT2D eigenvalue weighted by Gasteiger charge is 2.34. The van der Waals surface area contributed by atoms with Gasteiger partial charge in [0, 0.05) is 23.6 Å². The summed E-state index contributed by atoms with van der Waals surface area (Å²) in [5.41, 5.74) is 4.18. The van der Waals surface area contributed by atoms with Crippen LogP contribution in [0.4, 0.5) is 21.9 Å². The number of amides is 2. The Bertz CT molecular complexity index is 1220. The predicted molar refractivity (Wildman–Crippen MR) is 132 cm³/mol. The molecule has 1 heterocycles. The van der Waals surface area contributed by atoms with E-state index in [2.05, 4.69) is 0 Å². The molecule has 0 N–H and O–H groups in total. The molecule has 0 radical (unpaired) electrons. The first-order chi connectivity index (χ1) is 16.6. The molecule has 0 unspecified atom stereocenters. The Balaban J connectivity index is 1.63. The third-order valence-electron chi connectivity index (χ3n) is 6.55. The summed E-state index contributed by atoms with van der Waals surface area (Å²) in [6.45, 7) is 0.341. The first-order valence-electron chi connectivity index (χ1n) is 11.7. The molecular weight excluding hydrogens is 428 g/mol. The maximum absolute atomic E-state index is 14.0. The number of non-ortho nitro benzene ring substituents is 1. The average Bonchev–Trinajstić information content (AvgIpc) is 3.00. The summed E-state index contributed by atoms with van der Waals surface area (Å²) in [6, 6.07) is 23.5. The van der Waals surface area contributed by atoms with Crippen LogP contribution in [-0.4, -0.2) is 21.7 Å². The second-order valence-corrected chi connectivity index (χ2v) is 8.77. The fraction of sp³-hybridized carbons (Fsp3) is 0.259. The van der Waals surface area contributed by atoms with Crippen molar-refractivity contribution in [3.05, 3.63) is 100 Å². The highest BCUT2D eigenvalue weighted by molar-refractivity contribution is 6.13. The quantitative estimate of drug-likeness (QED) is 0.320. The SMILES string of the molecule is O=C1N(Cc2ccccc2)N=C(C2CCCCC2)c2ccccc2N1c1ccc([N+](=O)[O-])cc1. The number of para-hydroxylation sites is 1. The topological polar surface area (TPSA) is 79.0 Å². The summed E-state index contributed by atoms with van der Waals surface area (Å²) < 4.78 is 0. The molecule has 0 saturated heterocycles. The number of hydrazone groups is 1. The van der Waals surface area contributed by atoms with Crippen LogP contribution >= 0.6 is 0 Å². The molecule has 1 aliphatic heterocycles. The van der Waals surface area contributed by atoms with E-state index in [1.165, 1.54) is 18.6 Å². The van der Waals surface area contributed by atoms with Gasteiger partial charge in [-0.05, 0) is 36.6 Å². The van der Waals surface area contributed by atoms with Gasteiger partial charge in [-0.15, -0.1) is 0 Å². The van der Waals surface area contributed by atoms with Crippen molar-refractivity contribution in [3.8, 4) is 0 Å². The molecule has 5 rings (SSSR count). The van der Waals surface area contributed by atoms with E-state index in [9.17, 15) is 14.9 Å². The van der Waals surface area contributed by atoms with Gasteiger partial charge in [0.25, 0.3) is 5.69 Å². The minimum absolute atomic E-state index is 0.0143. The molecule has 2 amide bonds. The lowest BCUT2D eigenvalue weighted by molar-refractivity contribution is -0.384. The summed E-state index contributed by atoms with van der Waals surface area (Å²) >= 11 is 0. The van der Waals surface area contributed by atoms with Crippen molar-refractivity contribution >= 4 is 28.8 Å². The van der Waals surface area contributed by atoms with E-state index in [-0.39, 0.29) is 17.6 Å². The van der Waals surface area contributed by atoms with Crippen LogP contribution in [0.5, 0.6) is 0 Å². The molecule has 3 aromatic carbocycles. The van der Waals surface area contributed by atoms with Crippen LogP contribution in [0.3, 0.4) is 0 Å². The molecule has 0 aromatic heterocycles. The monoisotopic (exact) mass is 454 g/mol. The van der Waals surface area contributed by atoms with Crippen molar-refractivity contribution < 1.29 is 9.72 Å². The summed E-state index contributed by atoms with van der Waals surface area (Å²) in [5.74, 6) is 0.290. The predicted octanol–water partition coefficient (Wildman–Crippen LogP) is 6.65. The lowest BCUT2D eigenvalue weighted by atomic mass is 9.83. The lowest BCUT2D eigenvalue weighted by Crippen LogP contribution is -2.36. The maximum atomic E-state index is 14.0. The summed E-state index contributed by atoms with van der Waals surface area (Å²) in [7, 11) is 0. The zero-order valence-electron chi connectivity index (χ0n) is 18.8. The normalized spacial score (nSPS) is 16.6. The minimum atomic E-state index is -0.437. The second-order valence-electron chi connectivity index (χ2n) is 8.77. The largest absolute Gasteiger partial charge is 0.349 e. The van der Waals surface area contributed by atoms with Crippen molar-refractivity contribution in [1.82, 2.24) is 5.01 Å². The Morgan fingerprint density at radius 1 is 0.882 bits per heavy atom. The Morgan fingerprint density at radius 3 is 2.26 bits per heavy atom. The Kier molecular flexibility index (Phi) is 6.08. The van der Waals surface area contributed by atoms with Crippen LogP contribution in [0, 0.1) is 16.0 Å². The zero-order valence-corrected chi connectivity index (χ0v) is 18.8. The molecule has 2 aliphatic rings. The first kappa shape index (κ1) is 21.8. The molecule has 1 saturated carbocycles. The van der Waals surface area contributed by atoms with Gasteiger partial charge in [-0.25, -0.2) is 9.80 Å². The van der Waals surface area contributed by atoms with Gasteiger partial charge in [-0.2, -0.15) is 5.10 Å². The molecule has 34 heavy (non-hydrogen) atoms. The number of nitro benzene ring substituents is 1. The fourth-order valence-corrected chi connectivity index (χ4v) is 4.84. The van der Waals surface area contributed by atoms with Crippen LogP contribution in [0.1, 0.15) is 43.2 Å². The fourth-order valence-electron chi connectivity index (χ4n) is 4.84. The van der Waals surface area contributed by atoms with E-state index in [0.717, 1.165) is 48.2 Å². The number of nitrogens with zero attached hydrogens (tertiary/aromatic N) is 4. The molecule has 0 bridgehead atoms. The molecule has 3 aromatic rings. The number of fused-ring (bicyclic) bond motifs is 1. The number of anilines is 2. The number of hydrogen-bond acceptors (Lipinski definition) is 4. The van der Waals surface area contributed by atoms with E-state index < -0.39 is 4.92 Å². The smallest absolute Gasteiger partial charge is 0.261 e. The number of nitro groups is 1. The number of urea groups is 1. The van der Waals surface area contributed by atoms with Crippen LogP contribution in [0.15, 0.2) is 84.0 Å². The van der Waals surface area contributed by atoms with Gasteiger partial charge >= 0.3 is 6.03 Å². The number of hydrogen-bond donors (Lipinski definition) is 0. The number of carbonyl (C=O) groups excluding carboxylic acids is 1. The van der Waals surface area contributed by atoms with Crippen molar-refractivity contribution in [2.45, 2.75) is 38.6 Å². The van der Waals surface area contributed by atoms with Crippen molar-refractivity contribution in [1.29, 1.82) is 0 Å². The van der Waals surface area contributed by atoms with E-state index >= 15 is 0 Å². The van der Waals surface area contributed by atoms with E-state index in [0.29, 0.717) is 12.2 Å². The zero-order chi connectivity index (χ0) is 23.5. The highest BCUT2D eigenvalue weighted by Crippen LogP contribution is 2.38. The molecular formula is C27H26N4O3. The highest BCUT2D eigenvalue weighted by atomic mass is 16.6. The van der Waals surface area contributed by atoms with E-state index in [1.807, 2.05) is 54.6 Å². The van der Waals surface area contributed by atoms with Crippen molar-refractivity contribution in [2.75, 3.05) is 4.90 Å². The maximum Gasteiger partial charge on any atom is 0.349 e. The second kappa shape index (κ2) is 9.47. The van der Waals surface area contributed by atoms with Gasteiger partial charge in [0.1, 0.15) is 0 Å². The number of carbonyl (C=O) groups is 1. The van der Waals surface area contributed by atoms with Gasteiger partial charge in [-0.1, -0.05) is 67.8 Å². The first-order valence-corrected chi connectivity index (χ1v) is 11.7. The van der Waals surface area contributed by atoms with Gasteiger partial charge in [-0.3, -0.25) is 15.0 Å². The summed E-state index contributed by atoms with van der Waals surface area (Å²) in [4.78, 5) is 26.3. The standard InChI is InChI=1S/C27H26N4O3/c32-27-29(19-20-9-3-1-4-10-20)28-26(21-11-5-2-6-12-21)24-13-7-8-14-25(24)30(27)22-15-17-23(18-16-22)31(33)34/h1,3-4,7-10,13-18,21H,2,5-6,11-12,19H2. The van der Waals surface area contributed by atoms with Crippen LogP contribution in [0.25, 0.3) is 0 Å². The van der Waals surface area contributed by atoms with Crippen LogP contribution < -0.4 is 4.90 Å². The molecule has 7 nitrogen and oxygen atoms in total. The molecule has 172 valence electrons. The van der Waals surface area contributed by atoms with E-state index in [1.54, 1.807) is 22.0 Å². The van der Waals surface area contributed by atoms with Crippen molar-refractivity contribution in [3.63, 3.8) is 0 Å². The van der Waals surface area contributed by atoms with Gasteiger partial charge in [0.2, 0.25) is 0 Å². The molecule has 0 spiro atoms. The van der Waals surface area contributed by atoms with Crippen LogP contribution in [0.2, 0.25) is 0 Å². The molecule has 1 aliphatic carbocycles.